The summed E-state index contributed by atoms with van der Waals surface area (Å²) in [6.45, 7) is 6.70. The van der Waals surface area contributed by atoms with E-state index in [4.69, 9.17) is 23.2 Å². The van der Waals surface area contributed by atoms with Gasteiger partial charge in [0.05, 0.1) is 6.10 Å². The summed E-state index contributed by atoms with van der Waals surface area (Å²) in [6.07, 6.45) is 3.90. The van der Waals surface area contributed by atoms with Crippen LogP contribution in [0.2, 0.25) is 10.0 Å². The summed E-state index contributed by atoms with van der Waals surface area (Å²) >= 11 is 12.2. The lowest BCUT2D eigenvalue weighted by Gasteiger charge is -2.42. The van der Waals surface area contributed by atoms with Crippen molar-refractivity contribution in [1.29, 1.82) is 0 Å². The normalized spacial score (nSPS) is 27.6. The first-order valence-electron chi connectivity index (χ1n) is 7.41. The first-order valence-corrected chi connectivity index (χ1v) is 8.17. The van der Waals surface area contributed by atoms with Crippen molar-refractivity contribution >= 4 is 23.2 Å². The summed E-state index contributed by atoms with van der Waals surface area (Å²) in [7, 11) is 0. The fourth-order valence-electron chi connectivity index (χ4n) is 3.55. The van der Waals surface area contributed by atoms with E-state index in [0.717, 1.165) is 29.8 Å². The number of rotatable bonds is 3. The standard InChI is InChI=1S/C17H24Cl2O/c1-11-4-7-14(16(20)8-11)17(2,3)10-12-5-6-13(18)9-15(12)19/h5-6,9,11,14,16,20H,4,7-8,10H2,1-3H3. The predicted molar refractivity (Wildman–Crippen MR) is 86.5 cm³/mol. The topological polar surface area (TPSA) is 20.2 Å². The molecule has 20 heavy (non-hydrogen) atoms. The molecule has 0 spiro atoms. The van der Waals surface area contributed by atoms with Crippen LogP contribution in [0.3, 0.4) is 0 Å². The van der Waals surface area contributed by atoms with E-state index in [0.29, 0.717) is 16.9 Å². The van der Waals surface area contributed by atoms with E-state index in [1.165, 1.54) is 6.42 Å². The zero-order valence-corrected chi connectivity index (χ0v) is 14.0. The van der Waals surface area contributed by atoms with E-state index in [-0.39, 0.29) is 11.5 Å². The lowest BCUT2D eigenvalue weighted by molar-refractivity contribution is -0.0125. The second-order valence-electron chi connectivity index (χ2n) is 6.99. The Hall–Kier alpha value is -0.240. The molecule has 3 heteroatoms. The van der Waals surface area contributed by atoms with E-state index in [1.54, 1.807) is 6.07 Å². The number of hydrogen-bond donors (Lipinski definition) is 1. The van der Waals surface area contributed by atoms with Gasteiger partial charge in [0.1, 0.15) is 0 Å². The second kappa shape index (κ2) is 6.25. The molecule has 1 N–H and O–H groups in total. The molecule has 3 unspecified atom stereocenters. The molecule has 1 nitrogen and oxygen atoms in total. The Kier molecular flexibility index (Phi) is 5.05. The molecule has 0 aliphatic heterocycles. The highest BCUT2D eigenvalue weighted by molar-refractivity contribution is 6.35. The fraction of sp³-hybridized carbons (Fsp3) is 0.647. The van der Waals surface area contributed by atoms with Crippen molar-refractivity contribution in [1.82, 2.24) is 0 Å². The molecule has 1 aliphatic carbocycles. The van der Waals surface area contributed by atoms with Gasteiger partial charge in [-0.1, -0.05) is 56.5 Å². The van der Waals surface area contributed by atoms with E-state index in [1.807, 2.05) is 12.1 Å². The molecule has 1 aromatic rings. The van der Waals surface area contributed by atoms with Gasteiger partial charge in [0.25, 0.3) is 0 Å². The number of hydrogen-bond acceptors (Lipinski definition) is 1. The summed E-state index contributed by atoms with van der Waals surface area (Å²) in [4.78, 5) is 0. The number of halogens is 2. The van der Waals surface area contributed by atoms with E-state index in [2.05, 4.69) is 20.8 Å². The minimum absolute atomic E-state index is 0.0387. The highest BCUT2D eigenvalue weighted by atomic mass is 35.5. The van der Waals surface area contributed by atoms with Gasteiger partial charge in [-0.15, -0.1) is 0 Å². The van der Waals surface area contributed by atoms with Crippen LogP contribution >= 0.6 is 23.2 Å². The highest BCUT2D eigenvalue weighted by Gasteiger charge is 2.38. The van der Waals surface area contributed by atoms with Gasteiger partial charge >= 0.3 is 0 Å². The Labute approximate surface area is 132 Å². The van der Waals surface area contributed by atoms with Crippen molar-refractivity contribution in [2.45, 2.75) is 52.6 Å². The average Bonchev–Trinajstić information content (AvgIpc) is 2.32. The second-order valence-corrected chi connectivity index (χ2v) is 7.84. The third-order valence-corrected chi connectivity index (χ3v) is 5.33. The molecule has 0 radical (unpaired) electrons. The third-order valence-electron chi connectivity index (χ3n) is 4.74. The Balaban J connectivity index is 2.14. The summed E-state index contributed by atoms with van der Waals surface area (Å²) in [5.41, 5.74) is 1.16. The maximum atomic E-state index is 10.4. The largest absolute Gasteiger partial charge is 0.393 e. The van der Waals surface area contributed by atoms with Gasteiger partial charge in [-0.3, -0.25) is 0 Å². The first-order chi connectivity index (χ1) is 9.29. The molecule has 0 heterocycles. The van der Waals surface area contributed by atoms with Crippen molar-refractivity contribution in [3.05, 3.63) is 33.8 Å². The van der Waals surface area contributed by atoms with Crippen LogP contribution in [0, 0.1) is 17.3 Å². The maximum absolute atomic E-state index is 10.4. The van der Waals surface area contributed by atoms with Crippen molar-refractivity contribution in [2.24, 2.45) is 17.3 Å². The summed E-state index contributed by atoms with van der Waals surface area (Å²) < 4.78 is 0. The van der Waals surface area contributed by atoms with Gasteiger partial charge < -0.3 is 5.11 Å². The van der Waals surface area contributed by atoms with Crippen LogP contribution in [0.25, 0.3) is 0 Å². The molecule has 0 aromatic heterocycles. The molecule has 0 saturated heterocycles. The maximum Gasteiger partial charge on any atom is 0.0576 e. The quantitative estimate of drug-likeness (QED) is 0.796. The Morgan fingerprint density at radius 2 is 1.95 bits per heavy atom. The van der Waals surface area contributed by atoms with Gasteiger partial charge in [-0.2, -0.15) is 0 Å². The van der Waals surface area contributed by atoms with Crippen LogP contribution in [-0.4, -0.2) is 11.2 Å². The molecule has 3 atom stereocenters. The van der Waals surface area contributed by atoms with Gasteiger partial charge in [0.15, 0.2) is 0 Å². The van der Waals surface area contributed by atoms with Crippen molar-refractivity contribution in [3.63, 3.8) is 0 Å². The summed E-state index contributed by atoms with van der Waals surface area (Å²) in [6, 6.07) is 5.69. The van der Waals surface area contributed by atoms with Crippen molar-refractivity contribution in [3.8, 4) is 0 Å². The SMILES string of the molecule is CC1CCC(C(C)(C)Cc2ccc(Cl)cc2Cl)C(O)C1. The lowest BCUT2D eigenvalue weighted by atomic mass is 9.65. The Morgan fingerprint density at radius 3 is 2.55 bits per heavy atom. The van der Waals surface area contributed by atoms with E-state index >= 15 is 0 Å². The van der Waals surface area contributed by atoms with Gasteiger partial charge in [0, 0.05) is 10.0 Å². The predicted octanol–water partition coefficient (Wildman–Crippen LogP) is 5.36. The lowest BCUT2D eigenvalue weighted by Crippen LogP contribution is -2.39. The summed E-state index contributed by atoms with van der Waals surface area (Å²) in [5, 5.41) is 11.8. The smallest absolute Gasteiger partial charge is 0.0576 e. The third kappa shape index (κ3) is 3.69. The van der Waals surface area contributed by atoms with Gasteiger partial charge in [0.2, 0.25) is 0 Å². The van der Waals surface area contributed by atoms with Gasteiger partial charge in [-0.05, 0) is 54.2 Å². The molecule has 2 rings (SSSR count). The molecule has 1 fully saturated rings. The van der Waals surface area contributed by atoms with Crippen LogP contribution in [0.4, 0.5) is 0 Å². The number of aliphatic hydroxyl groups is 1. The number of benzene rings is 1. The first kappa shape index (κ1) is 16.1. The Bertz CT molecular complexity index is 470. The number of aliphatic hydroxyl groups excluding tert-OH is 1. The molecular formula is C17H24Cl2O. The van der Waals surface area contributed by atoms with Crippen LogP contribution in [0.15, 0.2) is 18.2 Å². The zero-order chi connectivity index (χ0) is 14.9. The zero-order valence-electron chi connectivity index (χ0n) is 12.5. The fourth-order valence-corrected chi connectivity index (χ4v) is 4.02. The molecule has 0 bridgehead atoms. The molecule has 0 amide bonds. The van der Waals surface area contributed by atoms with Crippen LogP contribution in [-0.2, 0) is 6.42 Å². The van der Waals surface area contributed by atoms with E-state index in [9.17, 15) is 5.11 Å². The molecular weight excluding hydrogens is 291 g/mol. The van der Waals surface area contributed by atoms with Gasteiger partial charge in [-0.25, -0.2) is 0 Å². The van der Waals surface area contributed by atoms with E-state index < -0.39 is 0 Å². The van der Waals surface area contributed by atoms with Crippen LogP contribution in [0.5, 0.6) is 0 Å². The Morgan fingerprint density at radius 1 is 1.25 bits per heavy atom. The minimum atomic E-state index is -0.195. The van der Waals surface area contributed by atoms with Crippen molar-refractivity contribution < 1.29 is 5.11 Å². The summed E-state index contributed by atoms with van der Waals surface area (Å²) in [5.74, 6) is 0.974. The molecule has 112 valence electrons. The molecule has 1 saturated carbocycles. The highest BCUT2D eigenvalue weighted by Crippen LogP contribution is 2.43. The monoisotopic (exact) mass is 314 g/mol. The van der Waals surface area contributed by atoms with Crippen LogP contribution in [0.1, 0.15) is 45.6 Å². The molecule has 1 aromatic carbocycles. The molecule has 1 aliphatic rings. The van der Waals surface area contributed by atoms with Crippen molar-refractivity contribution in [2.75, 3.05) is 0 Å². The minimum Gasteiger partial charge on any atom is -0.393 e. The van der Waals surface area contributed by atoms with Crippen LogP contribution < -0.4 is 0 Å². The average molecular weight is 315 g/mol.